The highest BCUT2D eigenvalue weighted by atomic mass is 79.9. The van der Waals surface area contributed by atoms with E-state index < -0.39 is 0 Å². The number of alkyl halides is 1. The van der Waals surface area contributed by atoms with Gasteiger partial charge in [-0.05, 0) is 46.1 Å². The summed E-state index contributed by atoms with van der Waals surface area (Å²) in [5.74, 6) is -0.320. The van der Waals surface area contributed by atoms with Crippen LogP contribution in [-0.2, 0) is 10.1 Å². The van der Waals surface area contributed by atoms with Gasteiger partial charge in [0.05, 0.1) is 12.7 Å². The Morgan fingerprint density at radius 3 is 2.64 bits per heavy atom. The zero-order chi connectivity index (χ0) is 10.7. The molecule has 14 heavy (non-hydrogen) atoms. The Hall–Kier alpha value is -0.350. The molecule has 0 saturated heterocycles. The molecule has 0 aliphatic carbocycles. The Bertz CT molecular complexity index is 361. The van der Waals surface area contributed by atoms with Gasteiger partial charge < -0.3 is 4.74 Å². The van der Waals surface area contributed by atoms with Crippen LogP contribution in [0.15, 0.2) is 16.6 Å². The molecule has 1 rings (SSSR count). The van der Waals surface area contributed by atoms with Gasteiger partial charge in [-0.15, -0.1) is 0 Å². The average Bonchev–Trinajstić information content (AvgIpc) is 2.17. The van der Waals surface area contributed by atoms with Gasteiger partial charge in [0, 0.05) is 9.80 Å². The summed E-state index contributed by atoms with van der Waals surface area (Å²) in [4.78, 5) is 11.3. The number of benzene rings is 1. The summed E-state index contributed by atoms with van der Waals surface area (Å²) >= 11 is 6.71. The summed E-state index contributed by atoms with van der Waals surface area (Å²) in [5, 5.41) is 0.732. The van der Waals surface area contributed by atoms with Crippen molar-refractivity contribution in [3.05, 3.63) is 33.3 Å². The minimum Gasteiger partial charge on any atom is -0.465 e. The standard InChI is InChI=1S/C10H10Br2O2/c1-6-3-9(12)8(10(13)14-2)4-7(6)5-11/h3-4H,5H2,1-2H3. The van der Waals surface area contributed by atoms with Crippen LogP contribution < -0.4 is 0 Å². The molecule has 0 spiro atoms. The second-order valence-electron chi connectivity index (χ2n) is 2.88. The van der Waals surface area contributed by atoms with Gasteiger partial charge >= 0.3 is 5.97 Å². The van der Waals surface area contributed by atoms with Crippen molar-refractivity contribution in [2.45, 2.75) is 12.3 Å². The van der Waals surface area contributed by atoms with Crippen LogP contribution in [0.25, 0.3) is 0 Å². The van der Waals surface area contributed by atoms with E-state index >= 15 is 0 Å². The third kappa shape index (κ3) is 2.36. The number of hydrogen-bond acceptors (Lipinski definition) is 2. The van der Waals surface area contributed by atoms with E-state index in [-0.39, 0.29) is 5.97 Å². The van der Waals surface area contributed by atoms with Crippen molar-refractivity contribution in [1.82, 2.24) is 0 Å². The summed E-state index contributed by atoms with van der Waals surface area (Å²) in [6.45, 7) is 2.00. The molecule has 0 saturated carbocycles. The summed E-state index contributed by atoms with van der Waals surface area (Å²) in [7, 11) is 1.38. The lowest BCUT2D eigenvalue weighted by Crippen LogP contribution is -2.03. The van der Waals surface area contributed by atoms with E-state index in [0.29, 0.717) is 5.56 Å². The minimum atomic E-state index is -0.320. The van der Waals surface area contributed by atoms with Crippen LogP contribution in [0, 0.1) is 6.92 Å². The Kier molecular flexibility index (Phi) is 4.13. The number of halogens is 2. The van der Waals surface area contributed by atoms with E-state index in [1.807, 2.05) is 19.1 Å². The zero-order valence-electron chi connectivity index (χ0n) is 7.93. The Morgan fingerprint density at radius 2 is 2.14 bits per heavy atom. The third-order valence-electron chi connectivity index (χ3n) is 1.97. The molecule has 2 nitrogen and oxygen atoms in total. The molecule has 0 fully saturated rings. The molecule has 1 aromatic carbocycles. The first-order valence-corrected chi connectivity index (χ1v) is 5.95. The molecule has 0 amide bonds. The quantitative estimate of drug-likeness (QED) is 0.616. The lowest BCUT2D eigenvalue weighted by atomic mass is 10.1. The van der Waals surface area contributed by atoms with Gasteiger partial charge in [0.1, 0.15) is 0 Å². The van der Waals surface area contributed by atoms with Crippen LogP contribution in [0.2, 0.25) is 0 Å². The van der Waals surface area contributed by atoms with Crippen molar-refractivity contribution < 1.29 is 9.53 Å². The van der Waals surface area contributed by atoms with Gasteiger partial charge in [-0.25, -0.2) is 4.79 Å². The molecule has 1 aromatic rings. The Labute approximate surface area is 99.9 Å². The number of ether oxygens (including phenoxy) is 1. The Morgan fingerprint density at radius 1 is 1.50 bits per heavy atom. The first kappa shape index (κ1) is 11.7. The molecule has 76 valence electrons. The van der Waals surface area contributed by atoms with Crippen molar-refractivity contribution >= 4 is 37.8 Å². The first-order valence-electron chi connectivity index (χ1n) is 4.03. The van der Waals surface area contributed by atoms with Crippen LogP contribution in [-0.4, -0.2) is 13.1 Å². The average molecular weight is 322 g/mol. The lowest BCUT2D eigenvalue weighted by Gasteiger charge is -2.07. The van der Waals surface area contributed by atoms with E-state index in [0.717, 1.165) is 20.9 Å². The fourth-order valence-electron chi connectivity index (χ4n) is 1.13. The maximum absolute atomic E-state index is 11.3. The summed E-state index contributed by atoms with van der Waals surface area (Å²) in [5.41, 5.74) is 2.79. The van der Waals surface area contributed by atoms with Crippen LogP contribution in [0.4, 0.5) is 0 Å². The fourth-order valence-corrected chi connectivity index (χ4v) is 2.35. The third-order valence-corrected chi connectivity index (χ3v) is 3.24. The van der Waals surface area contributed by atoms with E-state index in [1.165, 1.54) is 7.11 Å². The van der Waals surface area contributed by atoms with E-state index in [4.69, 9.17) is 0 Å². The summed E-state index contributed by atoms with van der Waals surface area (Å²) in [6, 6.07) is 3.75. The molecule has 0 unspecified atom stereocenters. The largest absolute Gasteiger partial charge is 0.465 e. The molecule has 0 radical (unpaired) electrons. The normalized spacial score (nSPS) is 10.0. The molecular formula is C10H10Br2O2. The van der Waals surface area contributed by atoms with E-state index in [2.05, 4.69) is 36.6 Å². The predicted molar refractivity (Wildman–Crippen MR) is 62.8 cm³/mol. The van der Waals surface area contributed by atoms with Gasteiger partial charge in [-0.2, -0.15) is 0 Å². The topological polar surface area (TPSA) is 26.3 Å². The highest BCUT2D eigenvalue weighted by Gasteiger charge is 2.12. The molecule has 0 heterocycles. The highest BCUT2D eigenvalue weighted by molar-refractivity contribution is 9.10. The van der Waals surface area contributed by atoms with E-state index in [1.54, 1.807) is 0 Å². The van der Waals surface area contributed by atoms with Crippen molar-refractivity contribution in [2.75, 3.05) is 7.11 Å². The van der Waals surface area contributed by atoms with Gasteiger partial charge in [0.2, 0.25) is 0 Å². The van der Waals surface area contributed by atoms with Gasteiger partial charge in [0.25, 0.3) is 0 Å². The molecule has 0 aliphatic heterocycles. The van der Waals surface area contributed by atoms with Crippen LogP contribution in [0.3, 0.4) is 0 Å². The van der Waals surface area contributed by atoms with Crippen LogP contribution in [0.1, 0.15) is 21.5 Å². The maximum Gasteiger partial charge on any atom is 0.339 e. The van der Waals surface area contributed by atoms with Crippen molar-refractivity contribution in [3.63, 3.8) is 0 Å². The molecular weight excluding hydrogens is 312 g/mol. The predicted octanol–water partition coefficient (Wildman–Crippen LogP) is 3.44. The number of esters is 1. The second kappa shape index (κ2) is 4.94. The number of rotatable bonds is 2. The van der Waals surface area contributed by atoms with Gasteiger partial charge in [0.15, 0.2) is 0 Å². The smallest absolute Gasteiger partial charge is 0.339 e. The summed E-state index contributed by atoms with van der Waals surface area (Å²) in [6.07, 6.45) is 0. The molecule has 0 atom stereocenters. The fraction of sp³-hybridized carbons (Fsp3) is 0.300. The molecule has 4 heteroatoms. The van der Waals surface area contributed by atoms with Crippen LogP contribution in [0.5, 0.6) is 0 Å². The van der Waals surface area contributed by atoms with Crippen molar-refractivity contribution in [3.8, 4) is 0 Å². The number of methoxy groups -OCH3 is 1. The Balaban J connectivity index is 3.24. The lowest BCUT2D eigenvalue weighted by molar-refractivity contribution is 0.0599. The van der Waals surface area contributed by atoms with Crippen LogP contribution >= 0.6 is 31.9 Å². The number of hydrogen-bond donors (Lipinski definition) is 0. The number of carbonyl (C=O) groups is 1. The number of carbonyl (C=O) groups excluding carboxylic acids is 1. The van der Waals surface area contributed by atoms with Gasteiger partial charge in [-0.1, -0.05) is 15.9 Å². The second-order valence-corrected chi connectivity index (χ2v) is 4.30. The monoisotopic (exact) mass is 320 g/mol. The van der Waals surface area contributed by atoms with Gasteiger partial charge in [-0.3, -0.25) is 0 Å². The molecule has 0 N–H and O–H groups in total. The molecule has 0 aromatic heterocycles. The van der Waals surface area contributed by atoms with Crippen molar-refractivity contribution in [2.24, 2.45) is 0 Å². The summed E-state index contributed by atoms with van der Waals surface area (Å²) < 4.78 is 5.44. The SMILES string of the molecule is COC(=O)c1cc(CBr)c(C)cc1Br. The minimum absolute atomic E-state index is 0.320. The zero-order valence-corrected chi connectivity index (χ0v) is 11.1. The maximum atomic E-state index is 11.3. The highest BCUT2D eigenvalue weighted by Crippen LogP contribution is 2.23. The molecule has 0 aliphatic rings. The van der Waals surface area contributed by atoms with Crippen molar-refractivity contribution in [1.29, 1.82) is 0 Å². The molecule has 0 bridgehead atoms. The number of aryl methyl sites for hydroxylation is 1. The first-order chi connectivity index (χ1) is 6.60. The van der Waals surface area contributed by atoms with E-state index in [9.17, 15) is 4.79 Å².